The Hall–Kier alpha value is -2.02. The summed E-state index contributed by atoms with van der Waals surface area (Å²) in [6.07, 6.45) is 3.97. The maximum absolute atomic E-state index is 9.87. The zero-order valence-corrected chi connectivity index (χ0v) is 11.5. The zero-order valence-electron chi connectivity index (χ0n) is 11.5. The first-order valence-electron chi connectivity index (χ1n) is 6.69. The van der Waals surface area contributed by atoms with E-state index in [-0.39, 0.29) is 0 Å². The highest BCUT2D eigenvalue weighted by molar-refractivity contribution is 5.83. The summed E-state index contributed by atoms with van der Waals surface area (Å²) in [4.78, 5) is 0. The van der Waals surface area contributed by atoms with E-state index in [1.807, 2.05) is 19.1 Å². The molecule has 2 aromatic rings. The molecule has 0 unspecified atom stereocenters. The van der Waals surface area contributed by atoms with E-state index < -0.39 is 0 Å². The van der Waals surface area contributed by atoms with E-state index in [2.05, 4.69) is 25.6 Å². The van der Waals surface area contributed by atoms with Gasteiger partial charge < -0.3 is 5.11 Å². The minimum Gasteiger partial charge on any atom is -0.508 e. The van der Waals surface area contributed by atoms with Crippen LogP contribution >= 0.6 is 0 Å². The van der Waals surface area contributed by atoms with Crippen molar-refractivity contribution < 1.29 is 5.11 Å². The Balaban J connectivity index is 2.35. The SMILES string of the molecule is C=Cc1cc(C)cc2c1-c1ccc(O)c(C)c1CC2. The summed E-state index contributed by atoms with van der Waals surface area (Å²) in [5.74, 6) is 0.398. The van der Waals surface area contributed by atoms with Crippen LogP contribution in [0.3, 0.4) is 0 Å². The smallest absolute Gasteiger partial charge is 0.118 e. The van der Waals surface area contributed by atoms with E-state index in [1.54, 1.807) is 6.07 Å². The molecule has 2 aromatic carbocycles. The number of phenols is 1. The van der Waals surface area contributed by atoms with Crippen molar-refractivity contribution >= 4 is 6.08 Å². The lowest BCUT2D eigenvalue weighted by Crippen LogP contribution is -2.07. The first-order chi connectivity index (χ1) is 9.11. The van der Waals surface area contributed by atoms with Gasteiger partial charge in [0.2, 0.25) is 0 Å². The van der Waals surface area contributed by atoms with E-state index in [1.165, 1.54) is 33.4 Å². The predicted octanol–water partition coefficient (Wildman–Crippen LogP) is 4.42. The Labute approximate surface area is 114 Å². The molecule has 1 aliphatic rings. The summed E-state index contributed by atoms with van der Waals surface area (Å²) in [6.45, 7) is 8.07. The average molecular weight is 250 g/mol. The molecule has 1 aliphatic carbocycles. The van der Waals surface area contributed by atoms with Crippen LogP contribution in [0, 0.1) is 13.8 Å². The molecule has 0 aliphatic heterocycles. The van der Waals surface area contributed by atoms with Gasteiger partial charge in [0.05, 0.1) is 0 Å². The molecule has 0 fully saturated rings. The number of aromatic hydroxyl groups is 1. The molecule has 19 heavy (non-hydrogen) atoms. The fourth-order valence-electron chi connectivity index (χ4n) is 3.14. The standard InChI is InChI=1S/C18H18O/c1-4-13-9-11(2)10-14-5-6-15-12(3)17(19)8-7-16(15)18(13)14/h4,7-10,19H,1,5-6H2,2-3H3. The van der Waals surface area contributed by atoms with Crippen LogP contribution in [0.1, 0.15) is 27.8 Å². The Bertz CT molecular complexity index is 681. The van der Waals surface area contributed by atoms with E-state index in [4.69, 9.17) is 0 Å². The predicted molar refractivity (Wildman–Crippen MR) is 80.5 cm³/mol. The van der Waals surface area contributed by atoms with Crippen molar-refractivity contribution in [2.45, 2.75) is 26.7 Å². The summed E-state index contributed by atoms with van der Waals surface area (Å²) < 4.78 is 0. The van der Waals surface area contributed by atoms with Crippen LogP contribution in [0.5, 0.6) is 5.75 Å². The molecule has 0 atom stereocenters. The minimum absolute atomic E-state index is 0.398. The van der Waals surface area contributed by atoms with Gasteiger partial charge in [0.15, 0.2) is 0 Å². The van der Waals surface area contributed by atoms with Crippen LogP contribution in [0.4, 0.5) is 0 Å². The molecule has 0 amide bonds. The second kappa shape index (κ2) is 4.27. The first kappa shape index (κ1) is 12.0. The molecule has 0 bridgehead atoms. The third-order valence-corrected chi connectivity index (χ3v) is 4.10. The van der Waals surface area contributed by atoms with Crippen molar-refractivity contribution in [1.82, 2.24) is 0 Å². The molecule has 0 spiro atoms. The van der Waals surface area contributed by atoms with Crippen LogP contribution in [0.2, 0.25) is 0 Å². The molecule has 0 heterocycles. The molecule has 3 rings (SSSR count). The van der Waals surface area contributed by atoms with E-state index in [0.717, 1.165) is 18.4 Å². The Kier molecular flexibility index (Phi) is 2.70. The average Bonchev–Trinajstić information content (AvgIpc) is 2.41. The molecular formula is C18H18O. The molecule has 0 aromatic heterocycles. The minimum atomic E-state index is 0.398. The van der Waals surface area contributed by atoms with Crippen LogP contribution in [0.15, 0.2) is 30.8 Å². The Morgan fingerprint density at radius 1 is 1.16 bits per heavy atom. The second-order valence-electron chi connectivity index (χ2n) is 5.33. The Morgan fingerprint density at radius 2 is 1.95 bits per heavy atom. The second-order valence-corrected chi connectivity index (χ2v) is 5.33. The van der Waals surface area contributed by atoms with Crippen LogP contribution in [-0.2, 0) is 12.8 Å². The highest BCUT2D eigenvalue weighted by atomic mass is 16.3. The normalized spacial score (nSPS) is 12.7. The number of phenolic OH excluding ortho intramolecular Hbond substituents is 1. The van der Waals surface area contributed by atoms with Gasteiger partial charge in [-0.25, -0.2) is 0 Å². The summed E-state index contributed by atoms with van der Waals surface area (Å²) in [6, 6.07) is 8.30. The van der Waals surface area contributed by atoms with E-state index in [9.17, 15) is 5.11 Å². The third-order valence-electron chi connectivity index (χ3n) is 4.10. The van der Waals surface area contributed by atoms with Gasteiger partial charge >= 0.3 is 0 Å². The number of fused-ring (bicyclic) bond motifs is 3. The number of hydrogen-bond acceptors (Lipinski definition) is 1. The van der Waals surface area contributed by atoms with Crippen molar-refractivity contribution in [3.05, 3.63) is 58.7 Å². The number of hydrogen-bond donors (Lipinski definition) is 1. The lowest BCUT2D eigenvalue weighted by Gasteiger charge is -2.24. The molecule has 1 N–H and O–H groups in total. The molecule has 0 saturated carbocycles. The van der Waals surface area contributed by atoms with Crippen LogP contribution in [0.25, 0.3) is 17.2 Å². The lowest BCUT2D eigenvalue weighted by molar-refractivity contribution is 0.470. The molecule has 96 valence electrons. The van der Waals surface area contributed by atoms with Crippen molar-refractivity contribution in [1.29, 1.82) is 0 Å². The molecule has 0 saturated heterocycles. The van der Waals surface area contributed by atoms with Gasteiger partial charge in [-0.2, -0.15) is 0 Å². The van der Waals surface area contributed by atoms with Crippen molar-refractivity contribution in [2.24, 2.45) is 0 Å². The topological polar surface area (TPSA) is 20.2 Å². The monoisotopic (exact) mass is 250 g/mol. The van der Waals surface area contributed by atoms with Gasteiger partial charge in [0, 0.05) is 0 Å². The largest absolute Gasteiger partial charge is 0.508 e. The molecule has 1 heteroatoms. The third kappa shape index (κ3) is 1.77. The zero-order chi connectivity index (χ0) is 13.6. The van der Waals surface area contributed by atoms with Gasteiger partial charge in [0.25, 0.3) is 0 Å². The summed E-state index contributed by atoms with van der Waals surface area (Å²) >= 11 is 0. The van der Waals surface area contributed by atoms with E-state index >= 15 is 0 Å². The summed E-state index contributed by atoms with van der Waals surface area (Å²) in [5, 5.41) is 9.87. The fraction of sp³-hybridized carbons (Fsp3) is 0.222. The Morgan fingerprint density at radius 3 is 2.68 bits per heavy atom. The fourth-order valence-corrected chi connectivity index (χ4v) is 3.14. The lowest BCUT2D eigenvalue weighted by atomic mass is 9.80. The van der Waals surface area contributed by atoms with Gasteiger partial charge in [-0.1, -0.05) is 36.4 Å². The summed E-state index contributed by atoms with van der Waals surface area (Å²) in [7, 11) is 0. The van der Waals surface area contributed by atoms with Gasteiger partial charge in [-0.15, -0.1) is 0 Å². The first-order valence-corrected chi connectivity index (χ1v) is 6.69. The van der Waals surface area contributed by atoms with E-state index in [0.29, 0.717) is 5.75 Å². The maximum atomic E-state index is 9.87. The van der Waals surface area contributed by atoms with Gasteiger partial charge in [-0.05, 0) is 66.1 Å². The number of benzene rings is 2. The van der Waals surface area contributed by atoms with Crippen molar-refractivity contribution in [3.63, 3.8) is 0 Å². The van der Waals surface area contributed by atoms with Crippen molar-refractivity contribution in [2.75, 3.05) is 0 Å². The molecule has 1 nitrogen and oxygen atoms in total. The highest BCUT2D eigenvalue weighted by Crippen LogP contribution is 2.40. The van der Waals surface area contributed by atoms with Crippen LogP contribution < -0.4 is 0 Å². The van der Waals surface area contributed by atoms with Gasteiger partial charge in [-0.3, -0.25) is 0 Å². The summed E-state index contributed by atoms with van der Waals surface area (Å²) in [5.41, 5.74) is 8.72. The highest BCUT2D eigenvalue weighted by Gasteiger charge is 2.21. The number of aryl methyl sites for hydroxylation is 2. The molecular weight excluding hydrogens is 232 g/mol. The quantitative estimate of drug-likeness (QED) is 0.794. The number of rotatable bonds is 1. The van der Waals surface area contributed by atoms with Crippen molar-refractivity contribution in [3.8, 4) is 16.9 Å². The van der Waals surface area contributed by atoms with Gasteiger partial charge in [0.1, 0.15) is 5.75 Å². The maximum Gasteiger partial charge on any atom is 0.118 e. The molecule has 0 radical (unpaired) electrons. The van der Waals surface area contributed by atoms with Crippen LogP contribution in [-0.4, -0.2) is 5.11 Å².